The van der Waals surface area contributed by atoms with E-state index in [0.717, 1.165) is 25.4 Å². The maximum absolute atomic E-state index is 3.61. The minimum Gasteiger partial charge on any atom is -0.361 e. The number of nitrogens with one attached hydrogen (secondary N) is 2. The van der Waals surface area contributed by atoms with Crippen LogP contribution >= 0.6 is 0 Å². The monoisotopic (exact) mass is 254 g/mol. The summed E-state index contributed by atoms with van der Waals surface area (Å²) in [5, 5.41) is 4.98. The maximum Gasteiger partial charge on any atom is 0.0456 e. The van der Waals surface area contributed by atoms with E-state index < -0.39 is 0 Å². The molecule has 0 saturated carbocycles. The van der Waals surface area contributed by atoms with E-state index >= 15 is 0 Å². The number of aromatic amines is 1. The standard InChI is InChI=1S/C17H22N2/c1-2-6-14(7-3-1)12-18-11-10-15-13-19-17-9-5-4-8-16(15)17/h1-2,4-5,8-9,13-14,18-19H,3,6-7,10-12H2. The molecule has 0 saturated heterocycles. The molecule has 0 aliphatic heterocycles. The normalized spacial score (nSPS) is 19.1. The Balaban J connectivity index is 1.48. The molecular weight excluding hydrogens is 232 g/mol. The zero-order valence-corrected chi connectivity index (χ0v) is 11.4. The Bertz CT molecular complexity index is 553. The Labute approximate surface area is 114 Å². The lowest BCUT2D eigenvalue weighted by molar-refractivity contribution is 0.443. The van der Waals surface area contributed by atoms with Gasteiger partial charge in [-0.3, -0.25) is 0 Å². The van der Waals surface area contributed by atoms with E-state index in [1.165, 1.54) is 35.7 Å². The quantitative estimate of drug-likeness (QED) is 0.618. The van der Waals surface area contributed by atoms with Crippen LogP contribution in [0.4, 0.5) is 0 Å². The van der Waals surface area contributed by atoms with Crippen LogP contribution in [0, 0.1) is 5.92 Å². The van der Waals surface area contributed by atoms with Crippen molar-refractivity contribution in [3.8, 4) is 0 Å². The van der Waals surface area contributed by atoms with Crippen molar-refractivity contribution in [2.75, 3.05) is 13.1 Å². The zero-order valence-electron chi connectivity index (χ0n) is 11.4. The topological polar surface area (TPSA) is 27.8 Å². The van der Waals surface area contributed by atoms with Crippen LogP contribution in [0.15, 0.2) is 42.6 Å². The second-order valence-electron chi connectivity index (χ2n) is 5.46. The molecule has 0 bridgehead atoms. The van der Waals surface area contributed by atoms with Gasteiger partial charge in [-0.2, -0.15) is 0 Å². The molecule has 2 heteroatoms. The van der Waals surface area contributed by atoms with Gasteiger partial charge in [0.1, 0.15) is 0 Å². The highest BCUT2D eigenvalue weighted by molar-refractivity contribution is 5.83. The highest BCUT2D eigenvalue weighted by Crippen LogP contribution is 2.18. The van der Waals surface area contributed by atoms with Gasteiger partial charge in [0.25, 0.3) is 0 Å². The Hall–Kier alpha value is -1.54. The fourth-order valence-electron chi connectivity index (χ4n) is 2.91. The molecule has 1 aromatic carbocycles. The van der Waals surface area contributed by atoms with Gasteiger partial charge in [0.15, 0.2) is 0 Å². The Morgan fingerprint density at radius 3 is 3.05 bits per heavy atom. The number of rotatable bonds is 5. The number of benzene rings is 1. The average molecular weight is 254 g/mol. The van der Waals surface area contributed by atoms with Crippen LogP contribution in [0.1, 0.15) is 24.8 Å². The van der Waals surface area contributed by atoms with E-state index in [1.807, 2.05) is 0 Å². The van der Waals surface area contributed by atoms with Crippen molar-refractivity contribution >= 4 is 10.9 Å². The highest BCUT2D eigenvalue weighted by Gasteiger charge is 2.09. The lowest BCUT2D eigenvalue weighted by Crippen LogP contribution is -2.25. The van der Waals surface area contributed by atoms with Crippen LogP contribution in [-0.2, 0) is 6.42 Å². The summed E-state index contributed by atoms with van der Waals surface area (Å²) in [7, 11) is 0. The van der Waals surface area contributed by atoms with Crippen molar-refractivity contribution in [1.29, 1.82) is 0 Å². The molecule has 1 unspecified atom stereocenters. The van der Waals surface area contributed by atoms with Crippen LogP contribution in [0.25, 0.3) is 10.9 Å². The van der Waals surface area contributed by atoms with Gasteiger partial charge in [0, 0.05) is 17.1 Å². The van der Waals surface area contributed by atoms with Crippen LogP contribution in [-0.4, -0.2) is 18.1 Å². The predicted molar refractivity (Wildman–Crippen MR) is 81.4 cm³/mol. The third-order valence-corrected chi connectivity index (χ3v) is 4.06. The van der Waals surface area contributed by atoms with Crippen molar-refractivity contribution in [2.24, 2.45) is 5.92 Å². The fraction of sp³-hybridized carbons (Fsp3) is 0.412. The molecule has 2 N–H and O–H groups in total. The Morgan fingerprint density at radius 1 is 1.21 bits per heavy atom. The smallest absolute Gasteiger partial charge is 0.0456 e. The van der Waals surface area contributed by atoms with E-state index in [4.69, 9.17) is 0 Å². The summed E-state index contributed by atoms with van der Waals surface area (Å²) in [6.07, 6.45) is 11.7. The van der Waals surface area contributed by atoms with Gasteiger partial charge in [0.05, 0.1) is 0 Å². The van der Waals surface area contributed by atoms with Gasteiger partial charge in [-0.25, -0.2) is 0 Å². The first-order valence-electron chi connectivity index (χ1n) is 7.34. The summed E-state index contributed by atoms with van der Waals surface area (Å²) < 4.78 is 0. The van der Waals surface area contributed by atoms with Crippen LogP contribution in [0.5, 0.6) is 0 Å². The number of allylic oxidation sites excluding steroid dienone is 2. The molecule has 1 aliphatic rings. The van der Waals surface area contributed by atoms with E-state index in [-0.39, 0.29) is 0 Å². The van der Waals surface area contributed by atoms with Crippen molar-refractivity contribution < 1.29 is 0 Å². The summed E-state index contributed by atoms with van der Waals surface area (Å²) in [6.45, 7) is 2.23. The van der Waals surface area contributed by atoms with Crippen molar-refractivity contribution in [1.82, 2.24) is 10.3 Å². The van der Waals surface area contributed by atoms with Crippen molar-refractivity contribution in [3.63, 3.8) is 0 Å². The van der Waals surface area contributed by atoms with Crippen LogP contribution < -0.4 is 5.32 Å². The minimum absolute atomic E-state index is 0.841. The number of fused-ring (bicyclic) bond motifs is 1. The molecule has 1 atom stereocenters. The molecule has 0 amide bonds. The lowest BCUT2D eigenvalue weighted by Gasteiger charge is -2.18. The SMILES string of the molecule is C1=CCC(CNCCc2c[nH]c3ccccc23)CC1. The predicted octanol–water partition coefficient (Wildman–Crippen LogP) is 3.66. The second-order valence-corrected chi connectivity index (χ2v) is 5.46. The molecule has 0 spiro atoms. The van der Waals surface area contributed by atoms with Crippen molar-refractivity contribution in [2.45, 2.75) is 25.7 Å². The third-order valence-electron chi connectivity index (χ3n) is 4.06. The molecular formula is C17H22N2. The molecule has 1 aromatic heterocycles. The molecule has 3 rings (SSSR count). The Morgan fingerprint density at radius 2 is 2.16 bits per heavy atom. The summed E-state index contributed by atoms with van der Waals surface area (Å²) >= 11 is 0. The number of para-hydroxylation sites is 1. The maximum atomic E-state index is 3.61. The molecule has 2 aromatic rings. The molecule has 1 aliphatic carbocycles. The van der Waals surface area contributed by atoms with Gasteiger partial charge in [-0.15, -0.1) is 0 Å². The molecule has 0 radical (unpaired) electrons. The fourth-order valence-corrected chi connectivity index (χ4v) is 2.91. The van der Waals surface area contributed by atoms with E-state index in [1.54, 1.807) is 0 Å². The second kappa shape index (κ2) is 6.07. The van der Waals surface area contributed by atoms with Gasteiger partial charge in [-0.05, 0) is 56.3 Å². The zero-order chi connectivity index (χ0) is 12.9. The summed E-state index contributed by atoms with van der Waals surface area (Å²) in [5.74, 6) is 0.841. The van der Waals surface area contributed by atoms with Gasteiger partial charge in [-0.1, -0.05) is 30.4 Å². The first kappa shape index (κ1) is 12.5. The minimum atomic E-state index is 0.841. The first-order valence-corrected chi connectivity index (χ1v) is 7.34. The lowest BCUT2D eigenvalue weighted by atomic mass is 9.94. The summed E-state index contributed by atoms with van der Waals surface area (Å²) in [4.78, 5) is 3.34. The number of H-pyrrole nitrogens is 1. The molecule has 100 valence electrons. The first-order chi connectivity index (χ1) is 9.43. The van der Waals surface area contributed by atoms with Crippen molar-refractivity contribution in [3.05, 3.63) is 48.2 Å². The van der Waals surface area contributed by atoms with Crippen LogP contribution in [0.3, 0.4) is 0 Å². The Kier molecular flexibility index (Phi) is 3.99. The third kappa shape index (κ3) is 3.07. The summed E-state index contributed by atoms with van der Waals surface area (Å²) in [6, 6.07) is 8.53. The molecule has 19 heavy (non-hydrogen) atoms. The van der Waals surface area contributed by atoms with Gasteiger partial charge >= 0.3 is 0 Å². The highest BCUT2D eigenvalue weighted by atomic mass is 14.9. The number of hydrogen-bond acceptors (Lipinski definition) is 1. The molecule has 2 nitrogen and oxygen atoms in total. The number of hydrogen-bond donors (Lipinski definition) is 2. The average Bonchev–Trinajstić information content (AvgIpc) is 2.88. The van der Waals surface area contributed by atoms with E-state index in [9.17, 15) is 0 Å². The van der Waals surface area contributed by atoms with Crippen LogP contribution in [0.2, 0.25) is 0 Å². The molecule has 1 heterocycles. The number of aromatic nitrogens is 1. The van der Waals surface area contributed by atoms with Gasteiger partial charge < -0.3 is 10.3 Å². The summed E-state index contributed by atoms with van der Waals surface area (Å²) in [5.41, 5.74) is 2.67. The van der Waals surface area contributed by atoms with E-state index in [0.29, 0.717) is 0 Å². The van der Waals surface area contributed by atoms with Gasteiger partial charge in [0.2, 0.25) is 0 Å². The van der Waals surface area contributed by atoms with E-state index in [2.05, 4.69) is 52.9 Å². The largest absolute Gasteiger partial charge is 0.361 e. The molecule has 0 fully saturated rings.